The van der Waals surface area contributed by atoms with E-state index in [0.717, 1.165) is 12.2 Å². The molecule has 1 aromatic heterocycles. The minimum atomic E-state index is -2.01. The second-order valence-corrected chi connectivity index (χ2v) is 8.63. The van der Waals surface area contributed by atoms with Crippen LogP contribution in [0, 0.1) is 5.92 Å². The first kappa shape index (κ1) is 15.3. The molecule has 1 heterocycles. The number of hydrogen-bond donors (Lipinski definition) is 0. The summed E-state index contributed by atoms with van der Waals surface area (Å²) in [5.41, 5.74) is 1.10. The van der Waals surface area contributed by atoms with Crippen LogP contribution in [0.1, 0.15) is 32.3 Å². The fourth-order valence-corrected chi connectivity index (χ4v) is 2.98. The monoisotopic (exact) mass is 267 g/mol. The molecule has 0 amide bonds. The van der Waals surface area contributed by atoms with E-state index in [9.17, 15) is 0 Å². The molecule has 102 valence electrons. The highest BCUT2D eigenvalue weighted by molar-refractivity contribution is 6.64. The summed E-state index contributed by atoms with van der Waals surface area (Å²) in [6.07, 6.45) is 6.04. The van der Waals surface area contributed by atoms with Crippen molar-refractivity contribution in [3.63, 3.8) is 0 Å². The van der Waals surface area contributed by atoms with Crippen molar-refractivity contribution < 1.29 is 8.85 Å². The summed E-state index contributed by atoms with van der Waals surface area (Å²) >= 11 is 0. The third kappa shape index (κ3) is 6.28. The van der Waals surface area contributed by atoms with Gasteiger partial charge in [-0.3, -0.25) is 4.98 Å². The van der Waals surface area contributed by atoms with E-state index in [1.54, 1.807) is 6.20 Å². The van der Waals surface area contributed by atoms with E-state index in [1.165, 1.54) is 12.8 Å². The Balaban J connectivity index is 2.31. The van der Waals surface area contributed by atoms with Gasteiger partial charge in [0.05, 0.1) is 6.61 Å². The van der Waals surface area contributed by atoms with E-state index >= 15 is 0 Å². The summed E-state index contributed by atoms with van der Waals surface area (Å²) in [7, 11) is -2.01. The number of aromatic nitrogens is 1. The highest BCUT2D eigenvalue weighted by Gasteiger charge is 2.25. The predicted molar refractivity (Wildman–Crippen MR) is 76.5 cm³/mol. The summed E-state index contributed by atoms with van der Waals surface area (Å²) in [4.78, 5) is 4.08. The van der Waals surface area contributed by atoms with Crippen molar-refractivity contribution in [2.24, 2.45) is 5.92 Å². The Morgan fingerprint density at radius 1 is 1.33 bits per heavy atom. The van der Waals surface area contributed by atoms with Gasteiger partial charge in [-0.25, -0.2) is 0 Å². The minimum Gasteiger partial charge on any atom is -0.394 e. The van der Waals surface area contributed by atoms with Gasteiger partial charge in [-0.2, -0.15) is 0 Å². The van der Waals surface area contributed by atoms with Crippen LogP contribution in [-0.2, 0) is 15.5 Å². The van der Waals surface area contributed by atoms with Crippen molar-refractivity contribution in [3.05, 3.63) is 30.1 Å². The van der Waals surface area contributed by atoms with E-state index in [4.69, 9.17) is 8.85 Å². The van der Waals surface area contributed by atoms with Crippen LogP contribution >= 0.6 is 0 Å². The van der Waals surface area contributed by atoms with Crippen molar-refractivity contribution in [2.45, 2.75) is 46.4 Å². The minimum absolute atomic E-state index is 0.592. The molecule has 0 bridgehead atoms. The summed E-state index contributed by atoms with van der Waals surface area (Å²) in [6.45, 7) is 10.0. The summed E-state index contributed by atoms with van der Waals surface area (Å²) in [5, 5.41) is 0. The highest BCUT2D eigenvalue weighted by Crippen LogP contribution is 2.14. The molecule has 1 atom stereocenters. The molecule has 1 rings (SSSR count). The first-order valence-electron chi connectivity index (χ1n) is 6.70. The second kappa shape index (κ2) is 7.66. The Kier molecular flexibility index (Phi) is 6.53. The zero-order chi connectivity index (χ0) is 13.4. The van der Waals surface area contributed by atoms with E-state index in [1.807, 2.05) is 18.3 Å². The number of nitrogens with zero attached hydrogens (tertiary/aromatic N) is 1. The lowest BCUT2D eigenvalue weighted by Gasteiger charge is -2.24. The Morgan fingerprint density at radius 2 is 2.11 bits per heavy atom. The van der Waals surface area contributed by atoms with Crippen molar-refractivity contribution >= 4 is 8.56 Å². The quantitative estimate of drug-likeness (QED) is 0.672. The standard InChI is InChI=1S/C14H25NO2Si/c1-5-7-13(2)11-16-18(3,4)17-12-14-8-6-9-15-10-14/h6,8-10,13H,5,7,11-12H2,1-4H3. The summed E-state index contributed by atoms with van der Waals surface area (Å²) in [5.74, 6) is 0.615. The lowest BCUT2D eigenvalue weighted by molar-refractivity contribution is 0.149. The lowest BCUT2D eigenvalue weighted by atomic mass is 10.1. The van der Waals surface area contributed by atoms with Gasteiger partial charge in [0, 0.05) is 19.0 Å². The van der Waals surface area contributed by atoms with Gasteiger partial charge < -0.3 is 8.85 Å². The first-order chi connectivity index (χ1) is 8.53. The molecular weight excluding hydrogens is 242 g/mol. The molecular formula is C14H25NO2Si. The predicted octanol–water partition coefficient (Wildman–Crippen LogP) is 3.75. The van der Waals surface area contributed by atoms with Crippen molar-refractivity contribution in [1.82, 2.24) is 4.98 Å². The van der Waals surface area contributed by atoms with Crippen LogP contribution < -0.4 is 0 Å². The fourth-order valence-electron chi connectivity index (χ4n) is 1.70. The maximum absolute atomic E-state index is 5.96. The molecule has 0 saturated heterocycles. The van der Waals surface area contributed by atoms with Crippen LogP contribution in [0.15, 0.2) is 24.5 Å². The highest BCUT2D eigenvalue weighted by atomic mass is 28.4. The fraction of sp³-hybridized carbons (Fsp3) is 0.643. The van der Waals surface area contributed by atoms with E-state index in [0.29, 0.717) is 12.5 Å². The molecule has 0 aliphatic heterocycles. The molecule has 0 aliphatic carbocycles. The van der Waals surface area contributed by atoms with Crippen molar-refractivity contribution in [1.29, 1.82) is 0 Å². The third-order valence-corrected chi connectivity index (χ3v) is 4.51. The van der Waals surface area contributed by atoms with Gasteiger partial charge in [0.15, 0.2) is 0 Å². The van der Waals surface area contributed by atoms with E-state index in [-0.39, 0.29) is 0 Å². The molecule has 0 aromatic carbocycles. The Labute approximate surface area is 112 Å². The molecule has 4 heteroatoms. The normalized spacial score (nSPS) is 13.6. The lowest BCUT2D eigenvalue weighted by Crippen LogP contribution is -2.36. The van der Waals surface area contributed by atoms with Gasteiger partial charge >= 0.3 is 8.56 Å². The van der Waals surface area contributed by atoms with E-state index in [2.05, 4.69) is 31.9 Å². The summed E-state index contributed by atoms with van der Waals surface area (Å²) in [6, 6.07) is 3.95. The SMILES string of the molecule is CCCC(C)CO[Si](C)(C)OCc1cccnc1. The van der Waals surface area contributed by atoms with Crippen LogP contribution in [-0.4, -0.2) is 20.2 Å². The molecule has 1 aromatic rings. The largest absolute Gasteiger partial charge is 0.394 e. The van der Waals surface area contributed by atoms with Crippen LogP contribution in [0.5, 0.6) is 0 Å². The van der Waals surface area contributed by atoms with Gasteiger partial charge in [-0.15, -0.1) is 0 Å². The smallest absolute Gasteiger partial charge is 0.332 e. The summed E-state index contributed by atoms with van der Waals surface area (Å²) < 4.78 is 11.9. The van der Waals surface area contributed by atoms with Gasteiger partial charge in [0.2, 0.25) is 0 Å². The maximum atomic E-state index is 5.96. The van der Waals surface area contributed by atoms with Gasteiger partial charge in [-0.1, -0.05) is 26.3 Å². The van der Waals surface area contributed by atoms with Gasteiger partial charge in [0.1, 0.15) is 0 Å². The number of rotatable bonds is 8. The maximum Gasteiger partial charge on any atom is 0.332 e. The van der Waals surface area contributed by atoms with Gasteiger partial charge in [0.25, 0.3) is 0 Å². The first-order valence-corrected chi connectivity index (χ1v) is 9.52. The topological polar surface area (TPSA) is 31.4 Å². The molecule has 0 spiro atoms. The zero-order valence-corrected chi connectivity index (χ0v) is 13.0. The molecule has 3 nitrogen and oxygen atoms in total. The molecule has 0 fully saturated rings. The number of pyridine rings is 1. The Morgan fingerprint density at radius 3 is 2.72 bits per heavy atom. The van der Waals surface area contributed by atoms with Crippen LogP contribution in [0.2, 0.25) is 13.1 Å². The third-order valence-electron chi connectivity index (χ3n) is 2.81. The average Bonchev–Trinajstić information content (AvgIpc) is 2.36. The molecule has 0 N–H and O–H groups in total. The Hall–Kier alpha value is -0.713. The number of hydrogen-bond acceptors (Lipinski definition) is 3. The molecule has 0 radical (unpaired) electrons. The van der Waals surface area contributed by atoms with Crippen LogP contribution in [0.3, 0.4) is 0 Å². The molecule has 0 aliphatic rings. The van der Waals surface area contributed by atoms with Crippen molar-refractivity contribution in [2.75, 3.05) is 6.61 Å². The second-order valence-electron chi connectivity index (χ2n) is 5.25. The van der Waals surface area contributed by atoms with Gasteiger partial charge in [-0.05, 0) is 37.1 Å². The molecule has 18 heavy (non-hydrogen) atoms. The Bertz CT molecular complexity index is 330. The average molecular weight is 267 g/mol. The molecule has 1 unspecified atom stereocenters. The van der Waals surface area contributed by atoms with Crippen LogP contribution in [0.4, 0.5) is 0 Å². The zero-order valence-electron chi connectivity index (χ0n) is 12.0. The van der Waals surface area contributed by atoms with Crippen LogP contribution in [0.25, 0.3) is 0 Å². The van der Waals surface area contributed by atoms with Crippen molar-refractivity contribution in [3.8, 4) is 0 Å². The molecule has 0 saturated carbocycles. The van der Waals surface area contributed by atoms with E-state index < -0.39 is 8.56 Å².